The molecule has 10 rings (SSSR count). The van der Waals surface area contributed by atoms with Crippen LogP contribution in [0.4, 0.5) is 0 Å². The lowest BCUT2D eigenvalue weighted by Crippen LogP contribution is -2.01. The molecule has 9 aromatic rings. The first-order valence-electron chi connectivity index (χ1n) is 20.4. The van der Waals surface area contributed by atoms with Gasteiger partial charge in [0.1, 0.15) is 11.5 Å². The monoisotopic (exact) mass is 936 g/mol. The number of carbonyl (C=O) groups excluding carboxylic acids is 2. The van der Waals surface area contributed by atoms with Crippen LogP contribution in [0.25, 0.3) is 78.7 Å². The molecule has 60 heavy (non-hydrogen) atoms. The van der Waals surface area contributed by atoms with Gasteiger partial charge in [0.05, 0.1) is 32.4 Å². The van der Waals surface area contributed by atoms with E-state index in [0.717, 1.165) is 67.2 Å². The average molecular weight is 937 g/mol. The Morgan fingerprint density at radius 1 is 0.333 bits per heavy atom. The molecular formula is C48H40O4S8. The van der Waals surface area contributed by atoms with E-state index < -0.39 is 0 Å². The maximum absolute atomic E-state index is 11.3. The van der Waals surface area contributed by atoms with Crippen LogP contribution in [-0.4, -0.2) is 25.8 Å². The van der Waals surface area contributed by atoms with Gasteiger partial charge in [-0.15, -0.1) is 90.7 Å². The number of hydrogen-bond acceptors (Lipinski definition) is 12. The maximum Gasteiger partial charge on any atom is 0.160 e. The van der Waals surface area contributed by atoms with E-state index in [-0.39, 0.29) is 0 Å². The average Bonchev–Trinajstić information content (AvgIpc) is 4.11. The van der Waals surface area contributed by atoms with Crippen LogP contribution in [0.15, 0.2) is 84.9 Å². The Kier molecular flexibility index (Phi) is 12.3. The quantitative estimate of drug-likeness (QED) is 0.142. The second kappa shape index (κ2) is 18.3. The van der Waals surface area contributed by atoms with E-state index in [4.69, 9.17) is 9.47 Å². The Morgan fingerprint density at radius 2 is 0.617 bits per heavy atom. The Hall–Kier alpha value is -3.72. The van der Waals surface area contributed by atoms with Crippen molar-refractivity contribution in [1.82, 2.24) is 0 Å². The van der Waals surface area contributed by atoms with E-state index in [1.54, 1.807) is 45.3 Å². The summed E-state index contributed by atoms with van der Waals surface area (Å²) in [6.07, 6.45) is 14.2. The van der Waals surface area contributed by atoms with E-state index in [1.165, 1.54) is 110 Å². The molecule has 0 N–H and O–H groups in total. The summed E-state index contributed by atoms with van der Waals surface area (Å²) in [5.41, 5.74) is 0. The van der Waals surface area contributed by atoms with Gasteiger partial charge in [0.25, 0.3) is 0 Å². The fourth-order valence-corrected chi connectivity index (χ4v) is 16.2. The van der Waals surface area contributed by atoms with Crippen molar-refractivity contribution >= 4 is 123 Å². The van der Waals surface area contributed by atoms with Crippen LogP contribution in [0.3, 0.4) is 0 Å². The fourth-order valence-electron chi connectivity index (χ4n) is 7.71. The van der Waals surface area contributed by atoms with E-state index >= 15 is 0 Å². The molecule has 0 aliphatic carbocycles. The highest BCUT2D eigenvalue weighted by Gasteiger charge is 2.24. The Labute approximate surface area is 381 Å². The molecule has 0 unspecified atom stereocenters. The molecule has 9 heterocycles. The summed E-state index contributed by atoms with van der Waals surface area (Å²) in [6, 6.07) is 30.4. The Bertz CT molecular complexity index is 2670. The third kappa shape index (κ3) is 8.42. The summed E-state index contributed by atoms with van der Waals surface area (Å²) in [4.78, 5) is 38.7. The molecule has 0 amide bonds. The van der Waals surface area contributed by atoms with Gasteiger partial charge in [0.15, 0.2) is 12.6 Å². The summed E-state index contributed by atoms with van der Waals surface area (Å²) in [7, 11) is 0. The molecule has 8 aromatic heterocycles. The summed E-state index contributed by atoms with van der Waals surface area (Å²) in [5.74, 6) is 1.98. The van der Waals surface area contributed by atoms with Gasteiger partial charge < -0.3 is 9.47 Å². The van der Waals surface area contributed by atoms with Crippen LogP contribution in [0.5, 0.6) is 11.5 Å². The second-order valence-electron chi connectivity index (χ2n) is 14.9. The Morgan fingerprint density at radius 3 is 0.933 bits per heavy atom. The number of carbonyl (C=O) groups is 2. The zero-order chi connectivity index (χ0) is 40.4. The zero-order valence-electron chi connectivity index (χ0n) is 32.6. The van der Waals surface area contributed by atoms with Crippen molar-refractivity contribution in [3.8, 4) is 70.0 Å². The standard InChI is InChI=1S/C48H40O4S8/c49-27-29-11-13-33(53-29)35-15-17-37(55-35)39-19-21-41(57-39)43-25-31-45-47-32(46(48(31)60-43)52-24-10-8-6-4-2-1-3-5-7-9-23-51-45)26-44(59-47)42-22-20-40(58-42)38-18-16-36(56-38)34-14-12-30(28-50)54-34/h11-22,25-28H,1-10,23-24H2. The van der Waals surface area contributed by atoms with Gasteiger partial charge in [0, 0.05) is 69.3 Å². The smallest absolute Gasteiger partial charge is 0.160 e. The number of benzene rings is 1. The number of rotatable bonds is 8. The van der Waals surface area contributed by atoms with Gasteiger partial charge in [0.2, 0.25) is 0 Å². The highest BCUT2D eigenvalue weighted by Crippen LogP contribution is 2.54. The predicted octanol–water partition coefficient (Wildman–Crippen LogP) is 17.8. The van der Waals surface area contributed by atoms with E-state index in [9.17, 15) is 9.59 Å². The van der Waals surface area contributed by atoms with Crippen molar-refractivity contribution in [3.63, 3.8) is 0 Å². The topological polar surface area (TPSA) is 52.6 Å². The van der Waals surface area contributed by atoms with E-state index in [0.29, 0.717) is 13.2 Å². The first-order chi connectivity index (χ1) is 29.6. The van der Waals surface area contributed by atoms with Gasteiger partial charge >= 0.3 is 0 Å². The van der Waals surface area contributed by atoms with Crippen LogP contribution >= 0.6 is 90.7 Å². The number of fused-ring (bicyclic) bond motifs is 3. The molecule has 0 radical (unpaired) electrons. The molecule has 1 aliphatic rings. The predicted molar refractivity (Wildman–Crippen MR) is 265 cm³/mol. The van der Waals surface area contributed by atoms with Gasteiger partial charge in [-0.2, -0.15) is 0 Å². The maximum atomic E-state index is 11.3. The minimum atomic E-state index is 0.702. The zero-order valence-corrected chi connectivity index (χ0v) is 39.2. The molecule has 0 atom stereocenters. The van der Waals surface area contributed by atoms with Gasteiger partial charge in [-0.05, 0) is 97.8 Å². The van der Waals surface area contributed by atoms with E-state index in [2.05, 4.69) is 60.7 Å². The second-order valence-corrected chi connectivity index (χ2v) is 23.6. The summed E-state index contributed by atoms with van der Waals surface area (Å²) < 4.78 is 16.2. The molecule has 1 aromatic carbocycles. The lowest BCUT2D eigenvalue weighted by Gasteiger charge is -2.14. The highest BCUT2D eigenvalue weighted by atomic mass is 32.1. The third-order valence-electron chi connectivity index (χ3n) is 10.8. The largest absolute Gasteiger partial charge is 0.491 e. The van der Waals surface area contributed by atoms with Crippen molar-refractivity contribution < 1.29 is 19.1 Å². The van der Waals surface area contributed by atoms with Crippen molar-refractivity contribution in [2.24, 2.45) is 0 Å². The van der Waals surface area contributed by atoms with Crippen molar-refractivity contribution in [2.45, 2.75) is 64.2 Å². The van der Waals surface area contributed by atoms with Crippen LogP contribution in [-0.2, 0) is 0 Å². The van der Waals surface area contributed by atoms with Crippen molar-refractivity contribution in [1.29, 1.82) is 0 Å². The SMILES string of the molecule is O=Cc1ccc(-c2ccc(-c3ccc(-c4cc5c6c7sc(-c8ccc(-c9ccc(-c%10ccc(C=O)s%10)s9)s8)cc7c(c5s4)OCCCCCCCCCCCCO6)s3)s2)s1. The van der Waals surface area contributed by atoms with Gasteiger partial charge in [-0.1, -0.05) is 51.4 Å². The molecule has 4 nitrogen and oxygen atoms in total. The number of hydrogen-bond donors (Lipinski definition) is 0. The molecule has 2 bridgehead atoms. The molecule has 0 spiro atoms. The van der Waals surface area contributed by atoms with Crippen molar-refractivity contribution in [3.05, 3.63) is 94.7 Å². The molecule has 0 saturated heterocycles. The van der Waals surface area contributed by atoms with Gasteiger partial charge in [-0.3, -0.25) is 9.59 Å². The molecule has 1 aliphatic heterocycles. The van der Waals surface area contributed by atoms with Crippen LogP contribution in [0, 0.1) is 0 Å². The van der Waals surface area contributed by atoms with Crippen LogP contribution in [0.2, 0.25) is 0 Å². The van der Waals surface area contributed by atoms with Gasteiger partial charge in [-0.25, -0.2) is 0 Å². The molecule has 0 fully saturated rings. The lowest BCUT2D eigenvalue weighted by atomic mass is 10.1. The normalized spacial score (nSPS) is 14.6. The first kappa shape index (κ1) is 40.4. The van der Waals surface area contributed by atoms with Crippen molar-refractivity contribution in [2.75, 3.05) is 13.2 Å². The first-order valence-corrected chi connectivity index (χ1v) is 27.0. The highest BCUT2D eigenvalue weighted by molar-refractivity contribution is 7.31. The van der Waals surface area contributed by atoms with E-state index in [1.807, 2.05) is 69.6 Å². The minimum Gasteiger partial charge on any atom is -0.491 e. The fraction of sp³-hybridized carbons (Fsp3) is 0.250. The molecule has 0 saturated carbocycles. The van der Waals surface area contributed by atoms with Crippen LogP contribution in [0.1, 0.15) is 83.6 Å². The molecule has 304 valence electrons. The third-order valence-corrected chi connectivity index (χ3v) is 20.6. The Balaban J connectivity index is 1.02. The minimum absolute atomic E-state index is 0.702. The summed E-state index contributed by atoms with van der Waals surface area (Å²) in [5, 5.41) is 2.29. The number of ether oxygens (including phenoxy) is 2. The number of thiophene rings is 8. The number of aldehydes is 2. The summed E-state index contributed by atoms with van der Waals surface area (Å²) in [6.45, 7) is 1.40. The summed E-state index contributed by atoms with van der Waals surface area (Å²) >= 11 is 14.0. The molecule has 12 heteroatoms. The lowest BCUT2D eigenvalue weighted by molar-refractivity contribution is 0.111. The molecular weight excluding hydrogens is 897 g/mol. The van der Waals surface area contributed by atoms with Crippen LogP contribution < -0.4 is 9.47 Å².